The van der Waals surface area contributed by atoms with Crippen molar-refractivity contribution >= 4 is 22.7 Å². The Morgan fingerprint density at radius 1 is 1.30 bits per heavy atom. The van der Waals surface area contributed by atoms with Gasteiger partial charge in [-0.1, -0.05) is 30.3 Å². The van der Waals surface area contributed by atoms with Crippen LogP contribution in [0, 0.1) is 0 Å². The quantitative estimate of drug-likeness (QED) is 0.764. The molecule has 2 aromatic rings. The van der Waals surface area contributed by atoms with Crippen LogP contribution in [0.1, 0.15) is 25.7 Å². The molecule has 1 fully saturated rings. The van der Waals surface area contributed by atoms with Gasteiger partial charge in [-0.05, 0) is 25.7 Å². The molecule has 2 amide bonds. The van der Waals surface area contributed by atoms with Crippen molar-refractivity contribution in [2.45, 2.75) is 31.7 Å². The van der Waals surface area contributed by atoms with Crippen LogP contribution in [0.25, 0.3) is 11.4 Å². The van der Waals surface area contributed by atoms with Crippen molar-refractivity contribution in [3.63, 3.8) is 0 Å². The normalized spacial score (nSPS) is 13.8. The molecule has 7 heteroatoms. The lowest BCUT2D eigenvalue weighted by Crippen LogP contribution is -2.37. The summed E-state index contributed by atoms with van der Waals surface area (Å²) < 4.78 is 4.30. The van der Waals surface area contributed by atoms with E-state index in [-0.39, 0.29) is 12.6 Å². The van der Waals surface area contributed by atoms with Crippen molar-refractivity contribution < 1.29 is 9.90 Å². The summed E-state index contributed by atoms with van der Waals surface area (Å²) in [5.74, 6) is 0.629. The zero-order chi connectivity index (χ0) is 16.1. The number of hydrogen-bond donors (Lipinski definition) is 2. The molecule has 6 nitrogen and oxygen atoms in total. The average Bonchev–Trinajstić information content (AvgIpc) is 3.31. The fourth-order valence-corrected chi connectivity index (χ4v) is 2.95. The van der Waals surface area contributed by atoms with Crippen molar-refractivity contribution in [3.8, 4) is 11.4 Å². The van der Waals surface area contributed by atoms with Gasteiger partial charge in [-0.2, -0.15) is 9.36 Å². The Hall–Kier alpha value is -1.99. The van der Waals surface area contributed by atoms with Gasteiger partial charge < -0.3 is 10.0 Å². The molecule has 0 aliphatic heterocycles. The second-order valence-electron chi connectivity index (χ2n) is 5.57. The Labute approximate surface area is 139 Å². The molecule has 1 aliphatic rings. The van der Waals surface area contributed by atoms with Gasteiger partial charge in [-0.25, -0.2) is 4.79 Å². The van der Waals surface area contributed by atoms with Gasteiger partial charge in [0.05, 0.1) is 0 Å². The molecule has 0 unspecified atom stereocenters. The largest absolute Gasteiger partial charge is 0.396 e. The molecule has 1 heterocycles. The minimum atomic E-state index is -0.124. The number of benzene rings is 1. The van der Waals surface area contributed by atoms with E-state index in [1.807, 2.05) is 35.2 Å². The molecule has 23 heavy (non-hydrogen) atoms. The first-order valence-corrected chi connectivity index (χ1v) is 8.63. The van der Waals surface area contributed by atoms with Crippen molar-refractivity contribution in [1.82, 2.24) is 14.3 Å². The summed E-state index contributed by atoms with van der Waals surface area (Å²) >= 11 is 1.19. The van der Waals surface area contributed by atoms with Crippen LogP contribution in [0.5, 0.6) is 0 Å². The zero-order valence-electron chi connectivity index (χ0n) is 12.8. The van der Waals surface area contributed by atoms with E-state index in [1.165, 1.54) is 11.5 Å². The topological polar surface area (TPSA) is 78.4 Å². The van der Waals surface area contributed by atoms with Gasteiger partial charge in [0, 0.05) is 36.3 Å². The number of amides is 2. The highest BCUT2D eigenvalue weighted by Gasteiger charge is 2.32. The predicted molar refractivity (Wildman–Crippen MR) is 90.4 cm³/mol. The van der Waals surface area contributed by atoms with Crippen LogP contribution in [0.2, 0.25) is 0 Å². The Bertz CT molecular complexity index is 643. The van der Waals surface area contributed by atoms with E-state index >= 15 is 0 Å². The van der Waals surface area contributed by atoms with Crippen LogP contribution in [0.4, 0.5) is 9.93 Å². The molecule has 0 spiro atoms. The van der Waals surface area contributed by atoms with E-state index in [0.29, 0.717) is 30.0 Å². The summed E-state index contributed by atoms with van der Waals surface area (Å²) in [4.78, 5) is 18.7. The first-order chi connectivity index (χ1) is 11.3. The minimum Gasteiger partial charge on any atom is -0.396 e. The SMILES string of the molecule is O=C(Nc1nc(-c2ccccc2)ns1)N(CCCCO)C1CC1. The molecule has 122 valence electrons. The monoisotopic (exact) mass is 332 g/mol. The lowest BCUT2D eigenvalue weighted by molar-refractivity contribution is 0.204. The number of rotatable bonds is 7. The van der Waals surface area contributed by atoms with Gasteiger partial charge in [-0.3, -0.25) is 5.32 Å². The Kier molecular flexibility index (Phi) is 5.19. The Morgan fingerprint density at radius 3 is 2.78 bits per heavy atom. The molecule has 3 rings (SSSR count). The maximum absolute atomic E-state index is 12.4. The average molecular weight is 332 g/mol. The van der Waals surface area contributed by atoms with Crippen molar-refractivity contribution in [2.24, 2.45) is 0 Å². The standard InChI is InChI=1S/C16H20N4O2S/c21-11-5-4-10-20(13-8-9-13)16(22)18-15-17-14(19-23-15)12-6-2-1-3-7-12/h1-3,6-7,13,21H,4-5,8-11H2,(H,17,18,19,22). The molecule has 0 saturated heterocycles. The van der Waals surface area contributed by atoms with E-state index in [0.717, 1.165) is 24.8 Å². The third-order valence-corrected chi connectivity index (χ3v) is 4.36. The third-order valence-electron chi connectivity index (χ3n) is 3.73. The number of urea groups is 1. The smallest absolute Gasteiger partial charge is 0.323 e. The Morgan fingerprint density at radius 2 is 2.09 bits per heavy atom. The number of nitrogens with one attached hydrogen (secondary N) is 1. The highest BCUT2D eigenvalue weighted by Crippen LogP contribution is 2.28. The second kappa shape index (κ2) is 7.52. The van der Waals surface area contributed by atoms with Crippen molar-refractivity contribution in [3.05, 3.63) is 30.3 Å². The number of nitrogens with zero attached hydrogens (tertiary/aromatic N) is 3. The van der Waals surface area contributed by atoms with Crippen LogP contribution in [-0.2, 0) is 0 Å². The molecular weight excluding hydrogens is 312 g/mol. The van der Waals surface area contributed by atoms with Gasteiger partial charge in [-0.15, -0.1) is 0 Å². The number of aromatic nitrogens is 2. The summed E-state index contributed by atoms with van der Waals surface area (Å²) in [7, 11) is 0. The van der Waals surface area contributed by atoms with E-state index in [2.05, 4.69) is 14.7 Å². The molecule has 0 radical (unpaired) electrons. The fourth-order valence-electron chi connectivity index (χ4n) is 2.37. The molecular formula is C16H20N4O2S. The maximum Gasteiger partial charge on any atom is 0.323 e. The number of carbonyl (C=O) groups is 1. The highest BCUT2D eigenvalue weighted by atomic mass is 32.1. The van der Waals surface area contributed by atoms with Gasteiger partial charge in [0.1, 0.15) is 0 Å². The number of carbonyl (C=O) groups excluding carboxylic acids is 1. The number of unbranched alkanes of at least 4 members (excludes halogenated alkanes) is 1. The van der Waals surface area contributed by atoms with E-state index in [1.54, 1.807) is 0 Å². The lowest BCUT2D eigenvalue weighted by Gasteiger charge is -2.21. The molecule has 1 saturated carbocycles. The van der Waals surface area contributed by atoms with Crippen LogP contribution in [0.15, 0.2) is 30.3 Å². The number of aliphatic hydroxyl groups excluding tert-OH is 1. The lowest BCUT2D eigenvalue weighted by atomic mass is 10.2. The Balaban J connectivity index is 1.61. The van der Waals surface area contributed by atoms with Gasteiger partial charge >= 0.3 is 6.03 Å². The predicted octanol–water partition coefficient (Wildman–Crippen LogP) is 2.97. The number of aliphatic hydroxyl groups is 1. The van der Waals surface area contributed by atoms with Gasteiger partial charge in [0.2, 0.25) is 5.13 Å². The molecule has 1 aromatic heterocycles. The highest BCUT2D eigenvalue weighted by molar-refractivity contribution is 7.10. The number of hydrogen-bond acceptors (Lipinski definition) is 5. The van der Waals surface area contributed by atoms with Gasteiger partial charge in [0.25, 0.3) is 0 Å². The fraction of sp³-hybridized carbons (Fsp3) is 0.438. The van der Waals surface area contributed by atoms with E-state index < -0.39 is 0 Å². The molecule has 1 aliphatic carbocycles. The third kappa shape index (κ3) is 4.27. The van der Waals surface area contributed by atoms with Crippen LogP contribution < -0.4 is 5.32 Å². The van der Waals surface area contributed by atoms with Crippen LogP contribution in [-0.4, -0.2) is 44.6 Å². The van der Waals surface area contributed by atoms with E-state index in [9.17, 15) is 4.79 Å². The first-order valence-electron chi connectivity index (χ1n) is 7.85. The zero-order valence-corrected chi connectivity index (χ0v) is 13.6. The van der Waals surface area contributed by atoms with Crippen molar-refractivity contribution in [2.75, 3.05) is 18.5 Å². The molecule has 1 aromatic carbocycles. The summed E-state index contributed by atoms with van der Waals surface area (Å²) in [6.45, 7) is 0.832. The summed E-state index contributed by atoms with van der Waals surface area (Å²) in [5.41, 5.74) is 0.936. The number of anilines is 1. The van der Waals surface area contributed by atoms with Crippen LogP contribution in [0.3, 0.4) is 0 Å². The second-order valence-corrected chi connectivity index (χ2v) is 6.33. The van der Waals surface area contributed by atoms with Gasteiger partial charge in [0.15, 0.2) is 5.82 Å². The van der Waals surface area contributed by atoms with Crippen LogP contribution >= 0.6 is 11.5 Å². The molecule has 0 atom stereocenters. The maximum atomic E-state index is 12.4. The molecule has 2 N–H and O–H groups in total. The van der Waals surface area contributed by atoms with E-state index in [4.69, 9.17) is 5.11 Å². The molecule has 0 bridgehead atoms. The summed E-state index contributed by atoms with van der Waals surface area (Å²) in [6, 6.07) is 9.91. The van der Waals surface area contributed by atoms with Crippen molar-refractivity contribution in [1.29, 1.82) is 0 Å². The summed E-state index contributed by atoms with van der Waals surface area (Å²) in [5, 5.41) is 12.2. The first kappa shape index (κ1) is 15.9. The minimum absolute atomic E-state index is 0.124. The summed E-state index contributed by atoms with van der Waals surface area (Å²) in [6.07, 6.45) is 3.63.